The highest BCUT2D eigenvalue weighted by Crippen LogP contribution is 2.29. The first-order valence-electron chi connectivity index (χ1n) is 5.27. The number of hydrogen-bond donors (Lipinski definition) is 0. The number of carbonyl (C=O) groups excluding carboxylic acids is 1. The third-order valence-electron chi connectivity index (χ3n) is 2.54. The van der Waals surface area contributed by atoms with Crippen LogP contribution in [0, 0.1) is 5.41 Å². The van der Waals surface area contributed by atoms with Crippen molar-refractivity contribution >= 4 is 5.97 Å². The summed E-state index contributed by atoms with van der Waals surface area (Å²) in [7, 11) is 0. The fourth-order valence-electron chi connectivity index (χ4n) is 1.53. The van der Waals surface area contributed by atoms with Gasteiger partial charge in [0.15, 0.2) is 0 Å². The van der Waals surface area contributed by atoms with Gasteiger partial charge < -0.3 is 4.74 Å². The smallest absolute Gasteiger partial charge is 0.338 e. The van der Waals surface area contributed by atoms with Crippen LogP contribution in [0.1, 0.15) is 20.8 Å². The molecule has 1 aliphatic heterocycles. The van der Waals surface area contributed by atoms with Crippen LogP contribution in [0.4, 0.5) is 0 Å². The van der Waals surface area contributed by atoms with Crippen molar-refractivity contribution in [2.45, 2.75) is 20.8 Å². The van der Waals surface area contributed by atoms with E-state index in [1.807, 2.05) is 12.2 Å². The standard InChI is InChI=1S/C14H18O2/c1-6-11(14(3,4)5)8-10-9-16-13(15)12(10)7-2/h6-8H,1-2,9H2,3-5H3/b11-8+. The number of cyclic esters (lactones) is 1. The molecule has 2 nitrogen and oxygen atoms in total. The lowest BCUT2D eigenvalue weighted by Crippen LogP contribution is -2.08. The lowest BCUT2D eigenvalue weighted by molar-refractivity contribution is -0.135. The van der Waals surface area contributed by atoms with Crippen molar-refractivity contribution in [3.05, 3.63) is 48.1 Å². The van der Waals surface area contributed by atoms with Gasteiger partial charge >= 0.3 is 5.97 Å². The van der Waals surface area contributed by atoms with Gasteiger partial charge in [-0.05, 0) is 11.0 Å². The molecule has 0 fully saturated rings. The average Bonchev–Trinajstić information content (AvgIpc) is 2.53. The monoisotopic (exact) mass is 218 g/mol. The van der Waals surface area contributed by atoms with Crippen LogP contribution in [0.5, 0.6) is 0 Å². The average molecular weight is 218 g/mol. The van der Waals surface area contributed by atoms with Gasteiger partial charge in [0.1, 0.15) is 6.61 Å². The van der Waals surface area contributed by atoms with E-state index in [2.05, 4.69) is 33.9 Å². The molecule has 1 aliphatic rings. The van der Waals surface area contributed by atoms with Crippen LogP contribution in [-0.2, 0) is 9.53 Å². The molecule has 0 aromatic carbocycles. The van der Waals surface area contributed by atoms with Crippen LogP contribution >= 0.6 is 0 Å². The Morgan fingerprint density at radius 2 is 2.00 bits per heavy atom. The summed E-state index contributed by atoms with van der Waals surface area (Å²) in [6.07, 6.45) is 5.33. The molecule has 0 aromatic rings. The molecule has 16 heavy (non-hydrogen) atoms. The van der Waals surface area contributed by atoms with E-state index in [4.69, 9.17) is 4.74 Å². The number of carbonyl (C=O) groups is 1. The highest BCUT2D eigenvalue weighted by Gasteiger charge is 2.22. The molecule has 0 amide bonds. The molecule has 86 valence electrons. The maximum atomic E-state index is 11.3. The van der Waals surface area contributed by atoms with E-state index in [1.54, 1.807) is 6.08 Å². The van der Waals surface area contributed by atoms with E-state index < -0.39 is 0 Å². The molecule has 1 rings (SSSR count). The maximum absolute atomic E-state index is 11.3. The van der Waals surface area contributed by atoms with Gasteiger partial charge in [-0.2, -0.15) is 0 Å². The summed E-state index contributed by atoms with van der Waals surface area (Å²) in [6, 6.07) is 0. The lowest BCUT2D eigenvalue weighted by Gasteiger charge is -2.20. The van der Waals surface area contributed by atoms with Crippen molar-refractivity contribution in [2.75, 3.05) is 6.61 Å². The van der Waals surface area contributed by atoms with Gasteiger partial charge in [-0.3, -0.25) is 0 Å². The van der Waals surface area contributed by atoms with Crippen molar-refractivity contribution < 1.29 is 9.53 Å². The second-order valence-electron chi connectivity index (χ2n) is 4.77. The molecule has 0 unspecified atom stereocenters. The minimum atomic E-state index is -0.293. The van der Waals surface area contributed by atoms with Gasteiger partial charge in [-0.15, -0.1) is 0 Å². The molecule has 1 heterocycles. The minimum Gasteiger partial charge on any atom is -0.457 e. The molecule has 0 spiro atoms. The number of ether oxygens (including phenoxy) is 1. The van der Waals surface area contributed by atoms with Crippen molar-refractivity contribution in [3.63, 3.8) is 0 Å². The highest BCUT2D eigenvalue weighted by atomic mass is 16.5. The minimum absolute atomic E-state index is 0.00661. The van der Waals surface area contributed by atoms with Crippen LogP contribution in [0.2, 0.25) is 0 Å². The summed E-state index contributed by atoms with van der Waals surface area (Å²) < 4.78 is 4.96. The van der Waals surface area contributed by atoms with E-state index in [0.717, 1.165) is 11.1 Å². The number of esters is 1. The second-order valence-corrected chi connectivity index (χ2v) is 4.77. The molecular weight excluding hydrogens is 200 g/mol. The Hall–Kier alpha value is -1.57. The fourth-order valence-corrected chi connectivity index (χ4v) is 1.53. The molecule has 0 aliphatic carbocycles. The van der Waals surface area contributed by atoms with Gasteiger partial charge in [-0.1, -0.05) is 52.2 Å². The Bertz CT molecular complexity index is 389. The topological polar surface area (TPSA) is 26.3 Å². The van der Waals surface area contributed by atoms with E-state index in [0.29, 0.717) is 12.2 Å². The summed E-state index contributed by atoms with van der Waals surface area (Å²) in [4.78, 5) is 11.3. The van der Waals surface area contributed by atoms with Crippen molar-refractivity contribution in [1.82, 2.24) is 0 Å². The molecular formula is C14H18O2. The van der Waals surface area contributed by atoms with Crippen LogP contribution < -0.4 is 0 Å². The number of hydrogen-bond acceptors (Lipinski definition) is 2. The zero-order valence-electron chi connectivity index (χ0n) is 10.2. The molecule has 0 radical (unpaired) electrons. The summed E-state index contributed by atoms with van der Waals surface area (Å²) in [5.74, 6) is -0.293. The highest BCUT2D eigenvalue weighted by molar-refractivity contribution is 5.95. The van der Waals surface area contributed by atoms with Gasteiger partial charge in [0.25, 0.3) is 0 Å². The SMILES string of the molecule is C=CC1=C(/C=C(\C=C)C(C)(C)C)COC1=O. The second kappa shape index (κ2) is 4.52. The van der Waals surface area contributed by atoms with Gasteiger partial charge in [0.2, 0.25) is 0 Å². The molecule has 0 bridgehead atoms. The Kier molecular flexibility index (Phi) is 3.53. The summed E-state index contributed by atoms with van der Waals surface area (Å²) in [5, 5.41) is 0. The maximum Gasteiger partial charge on any atom is 0.338 e. The van der Waals surface area contributed by atoms with Gasteiger partial charge in [0.05, 0.1) is 5.57 Å². The van der Waals surface area contributed by atoms with Crippen LogP contribution in [-0.4, -0.2) is 12.6 Å². The van der Waals surface area contributed by atoms with E-state index in [-0.39, 0.29) is 11.4 Å². The quantitative estimate of drug-likeness (QED) is 0.537. The predicted octanol–water partition coefficient (Wildman–Crippen LogP) is 3.18. The lowest BCUT2D eigenvalue weighted by atomic mass is 9.85. The van der Waals surface area contributed by atoms with Crippen molar-refractivity contribution in [3.8, 4) is 0 Å². The Morgan fingerprint density at radius 1 is 1.38 bits per heavy atom. The number of rotatable bonds is 3. The van der Waals surface area contributed by atoms with E-state index >= 15 is 0 Å². The van der Waals surface area contributed by atoms with Gasteiger partial charge in [-0.25, -0.2) is 4.79 Å². The summed E-state index contributed by atoms with van der Waals surface area (Å²) in [6.45, 7) is 14.1. The first kappa shape index (κ1) is 12.5. The zero-order chi connectivity index (χ0) is 12.3. The largest absolute Gasteiger partial charge is 0.457 e. The summed E-state index contributed by atoms with van der Waals surface area (Å²) >= 11 is 0. The zero-order valence-corrected chi connectivity index (χ0v) is 10.2. The van der Waals surface area contributed by atoms with Crippen LogP contribution in [0.3, 0.4) is 0 Å². The first-order valence-corrected chi connectivity index (χ1v) is 5.27. The molecule has 2 heteroatoms. The van der Waals surface area contributed by atoms with Gasteiger partial charge in [0, 0.05) is 5.57 Å². The Labute approximate surface area is 97.0 Å². The van der Waals surface area contributed by atoms with E-state index in [1.165, 1.54) is 0 Å². The van der Waals surface area contributed by atoms with Crippen LogP contribution in [0.25, 0.3) is 0 Å². The fraction of sp³-hybridized carbons (Fsp3) is 0.357. The molecule has 0 aromatic heterocycles. The Morgan fingerprint density at radius 3 is 2.44 bits per heavy atom. The third-order valence-corrected chi connectivity index (χ3v) is 2.54. The van der Waals surface area contributed by atoms with E-state index in [9.17, 15) is 4.79 Å². The molecule has 0 N–H and O–H groups in total. The van der Waals surface area contributed by atoms with Crippen molar-refractivity contribution in [2.24, 2.45) is 5.41 Å². The summed E-state index contributed by atoms with van der Waals surface area (Å²) in [5.41, 5.74) is 2.53. The first-order chi connectivity index (χ1) is 7.40. The third kappa shape index (κ3) is 2.51. The molecule has 0 saturated carbocycles. The molecule has 0 saturated heterocycles. The number of allylic oxidation sites excluding steroid dienone is 2. The predicted molar refractivity (Wildman–Crippen MR) is 65.9 cm³/mol. The van der Waals surface area contributed by atoms with Crippen LogP contribution in [0.15, 0.2) is 48.1 Å². The Balaban J connectivity index is 3.16. The molecule has 0 atom stereocenters. The normalized spacial score (nSPS) is 17.4. The van der Waals surface area contributed by atoms with Crippen molar-refractivity contribution in [1.29, 1.82) is 0 Å².